The maximum Gasteiger partial charge on any atom is 0.335 e. The third-order valence-electron chi connectivity index (χ3n) is 2.52. The highest BCUT2D eigenvalue weighted by atomic mass is 35.5. The van der Waals surface area contributed by atoms with Gasteiger partial charge in [-0.1, -0.05) is 35.0 Å². The Kier molecular flexibility index (Phi) is 4.72. The molecule has 0 saturated heterocycles. The molecular weight excluding hydrogens is 337 g/mol. The van der Waals surface area contributed by atoms with E-state index in [1.165, 1.54) is 12.1 Å². The van der Waals surface area contributed by atoms with Gasteiger partial charge in [0.25, 0.3) is 5.69 Å². The summed E-state index contributed by atoms with van der Waals surface area (Å²) < 4.78 is 0. The lowest BCUT2D eigenvalue weighted by atomic mass is 10.2. The van der Waals surface area contributed by atoms with Crippen molar-refractivity contribution in [2.75, 3.05) is 0 Å². The number of nitrogens with zero attached hydrogens (tertiary/aromatic N) is 1. The van der Waals surface area contributed by atoms with Crippen LogP contribution in [0.5, 0.6) is 0 Å². The average Bonchev–Trinajstić information content (AvgIpc) is 2.42. The molecule has 0 heterocycles. The van der Waals surface area contributed by atoms with Crippen LogP contribution in [0.4, 0.5) is 5.69 Å². The van der Waals surface area contributed by atoms with Crippen LogP contribution >= 0.6 is 35.0 Å². The Labute approximate surface area is 133 Å². The van der Waals surface area contributed by atoms with Crippen molar-refractivity contribution in [1.29, 1.82) is 0 Å². The Morgan fingerprint density at radius 2 is 1.86 bits per heavy atom. The summed E-state index contributed by atoms with van der Waals surface area (Å²) in [5, 5.41) is 20.8. The van der Waals surface area contributed by atoms with E-state index in [1.54, 1.807) is 18.2 Å². The van der Waals surface area contributed by atoms with E-state index in [2.05, 4.69) is 0 Å². The van der Waals surface area contributed by atoms with E-state index >= 15 is 0 Å². The molecule has 0 amide bonds. The van der Waals surface area contributed by atoms with Gasteiger partial charge in [0.2, 0.25) is 0 Å². The molecule has 2 aromatic carbocycles. The number of benzene rings is 2. The van der Waals surface area contributed by atoms with Gasteiger partial charge in [0.15, 0.2) is 0 Å². The van der Waals surface area contributed by atoms with Gasteiger partial charge in [-0.15, -0.1) is 0 Å². The van der Waals surface area contributed by atoms with Crippen molar-refractivity contribution in [3.8, 4) is 0 Å². The molecule has 2 aromatic rings. The van der Waals surface area contributed by atoms with Gasteiger partial charge in [-0.3, -0.25) is 10.1 Å². The van der Waals surface area contributed by atoms with Gasteiger partial charge in [-0.05, 0) is 30.3 Å². The molecule has 108 valence electrons. The predicted octanol–water partition coefficient (Wildman–Crippen LogP) is 4.75. The number of carboxylic acids is 1. The maximum atomic E-state index is 11.1. The van der Waals surface area contributed by atoms with Crippen molar-refractivity contribution in [3.05, 3.63) is 62.1 Å². The summed E-state index contributed by atoms with van der Waals surface area (Å²) in [5.41, 5.74) is -0.445. The first-order chi connectivity index (χ1) is 9.88. The number of carboxylic acid groups (broad SMARTS) is 1. The van der Waals surface area contributed by atoms with E-state index in [1.807, 2.05) is 0 Å². The van der Waals surface area contributed by atoms with Gasteiger partial charge in [0.1, 0.15) is 0 Å². The zero-order valence-corrected chi connectivity index (χ0v) is 12.6. The molecule has 0 aromatic heterocycles. The van der Waals surface area contributed by atoms with Crippen LogP contribution in [0.1, 0.15) is 10.4 Å². The fourth-order valence-corrected chi connectivity index (χ4v) is 2.99. The lowest BCUT2D eigenvalue weighted by Gasteiger charge is -2.06. The number of halogens is 2. The second-order valence-corrected chi connectivity index (χ2v) is 5.85. The summed E-state index contributed by atoms with van der Waals surface area (Å²) in [7, 11) is 0. The Hall–Kier alpha value is -1.76. The number of nitro benzene ring substituents is 1. The zero-order valence-electron chi connectivity index (χ0n) is 10.2. The highest BCUT2D eigenvalue weighted by molar-refractivity contribution is 7.99. The summed E-state index contributed by atoms with van der Waals surface area (Å²) in [6, 6.07) is 8.48. The van der Waals surface area contributed by atoms with Crippen LogP contribution in [-0.4, -0.2) is 16.0 Å². The van der Waals surface area contributed by atoms with Gasteiger partial charge in [-0.2, -0.15) is 0 Å². The Balaban J connectivity index is 2.46. The molecule has 0 bridgehead atoms. The quantitative estimate of drug-likeness (QED) is 0.639. The standard InChI is InChI=1S/C13H7Cl2NO4S/c14-8-2-3-9(15)12(6-8)21-11-4-1-7(13(17)18)5-10(11)16(19)20/h1-6H,(H,17,18). The van der Waals surface area contributed by atoms with E-state index in [4.69, 9.17) is 28.3 Å². The van der Waals surface area contributed by atoms with Gasteiger partial charge < -0.3 is 5.11 Å². The van der Waals surface area contributed by atoms with Crippen molar-refractivity contribution in [2.24, 2.45) is 0 Å². The number of nitro groups is 1. The van der Waals surface area contributed by atoms with Crippen molar-refractivity contribution >= 4 is 46.6 Å². The summed E-state index contributed by atoms with van der Waals surface area (Å²) in [6.45, 7) is 0. The molecular formula is C13H7Cl2NO4S. The summed E-state index contributed by atoms with van der Waals surface area (Å²) in [5.74, 6) is -1.23. The SMILES string of the molecule is O=C(O)c1ccc(Sc2cc(Cl)ccc2Cl)c([N+](=O)[O-])c1. The Morgan fingerprint density at radius 3 is 2.48 bits per heavy atom. The smallest absolute Gasteiger partial charge is 0.335 e. The molecule has 0 aliphatic carbocycles. The molecule has 2 rings (SSSR count). The molecule has 0 unspecified atom stereocenters. The number of hydrogen-bond acceptors (Lipinski definition) is 4. The lowest BCUT2D eigenvalue weighted by molar-refractivity contribution is -0.387. The maximum absolute atomic E-state index is 11.1. The molecule has 0 atom stereocenters. The lowest BCUT2D eigenvalue weighted by Crippen LogP contribution is -1.99. The first-order valence-electron chi connectivity index (χ1n) is 5.53. The minimum atomic E-state index is -1.23. The van der Waals surface area contributed by atoms with Crippen molar-refractivity contribution < 1.29 is 14.8 Å². The topological polar surface area (TPSA) is 80.4 Å². The van der Waals surface area contributed by atoms with E-state index in [0.29, 0.717) is 14.9 Å². The third-order valence-corrected chi connectivity index (χ3v) is 4.32. The van der Waals surface area contributed by atoms with Crippen LogP contribution in [0.15, 0.2) is 46.2 Å². The van der Waals surface area contributed by atoms with E-state index in [9.17, 15) is 14.9 Å². The van der Waals surface area contributed by atoms with Gasteiger partial charge in [0, 0.05) is 16.0 Å². The highest BCUT2D eigenvalue weighted by Crippen LogP contribution is 2.39. The van der Waals surface area contributed by atoms with Gasteiger partial charge in [-0.25, -0.2) is 4.79 Å². The molecule has 0 saturated carbocycles. The molecule has 21 heavy (non-hydrogen) atoms. The molecule has 5 nitrogen and oxygen atoms in total. The summed E-state index contributed by atoms with van der Waals surface area (Å²) in [6.07, 6.45) is 0. The molecule has 0 aliphatic heterocycles. The first-order valence-corrected chi connectivity index (χ1v) is 7.10. The average molecular weight is 344 g/mol. The van der Waals surface area contributed by atoms with E-state index in [-0.39, 0.29) is 16.1 Å². The Morgan fingerprint density at radius 1 is 1.14 bits per heavy atom. The van der Waals surface area contributed by atoms with Crippen molar-refractivity contribution in [1.82, 2.24) is 0 Å². The monoisotopic (exact) mass is 343 g/mol. The van der Waals surface area contributed by atoms with Crippen LogP contribution < -0.4 is 0 Å². The molecule has 0 spiro atoms. The Bertz CT molecular complexity index is 736. The molecule has 0 fully saturated rings. The fourth-order valence-electron chi connectivity index (χ4n) is 1.55. The number of aromatic carboxylic acids is 1. The number of hydrogen-bond donors (Lipinski definition) is 1. The number of carbonyl (C=O) groups is 1. The third kappa shape index (κ3) is 3.66. The molecule has 0 radical (unpaired) electrons. The second-order valence-electron chi connectivity index (χ2n) is 3.92. The summed E-state index contributed by atoms with van der Waals surface area (Å²) >= 11 is 12.9. The van der Waals surface area contributed by atoms with Crippen molar-refractivity contribution in [2.45, 2.75) is 9.79 Å². The van der Waals surface area contributed by atoms with E-state index < -0.39 is 10.9 Å². The van der Waals surface area contributed by atoms with Crippen LogP contribution in [0, 0.1) is 10.1 Å². The predicted molar refractivity (Wildman–Crippen MR) is 80.6 cm³/mol. The van der Waals surface area contributed by atoms with Crippen LogP contribution in [-0.2, 0) is 0 Å². The van der Waals surface area contributed by atoms with Crippen LogP contribution in [0.25, 0.3) is 0 Å². The normalized spacial score (nSPS) is 10.4. The van der Waals surface area contributed by atoms with Crippen LogP contribution in [0.2, 0.25) is 10.0 Å². The molecule has 8 heteroatoms. The van der Waals surface area contributed by atoms with Gasteiger partial charge >= 0.3 is 5.97 Å². The summed E-state index contributed by atoms with van der Waals surface area (Å²) in [4.78, 5) is 22.2. The first kappa shape index (κ1) is 15.6. The number of rotatable bonds is 4. The largest absolute Gasteiger partial charge is 0.478 e. The highest BCUT2D eigenvalue weighted by Gasteiger charge is 2.19. The molecule has 0 aliphatic rings. The van der Waals surface area contributed by atoms with E-state index in [0.717, 1.165) is 17.8 Å². The minimum absolute atomic E-state index is 0.150. The fraction of sp³-hybridized carbons (Fsp3) is 0. The molecule has 1 N–H and O–H groups in total. The van der Waals surface area contributed by atoms with Crippen LogP contribution in [0.3, 0.4) is 0 Å². The zero-order chi connectivity index (χ0) is 15.6. The minimum Gasteiger partial charge on any atom is -0.478 e. The second kappa shape index (κ2) is 6.34. The van der Waals surface area contributed by atoms with Crippen molar-refractivity contribution in [3.63, 3.8) is 0 Å². The van der Waals surface area contributed by atoms with Gasteiger partial charge in [0.05, 0.1) is 20.4 Å².